The summed E-state index contributed by atoms with van der Waals surface area (Å²) in [5.41, 5.74) is 4.25. The molecule has 0 spiro atoms. The lowest BCUT2D eigenvalue weighted by Crippen LogP contribution is -2.17. The molecule has 36 heavy (non-hydrogen) atoms. The Bertz CT molecular complexity index is 1340. The van der Waals surface area contributed by atoms with Crippen molar-refractivity contribution < 1.29 is 22.7 Å². The Morgan fingerprint density at radius 3 is 2.00 bits per heavy atom. The van der Waals surface area contributed by atoms with Crippen molar-refractivity contribution in [2.75, 3.05) is 16.0 Å². The van der Waals surface area contributed by atoms with Crippen molar-refractivity contribution in [3.8, 4) is 5.75 Å². The Balaban J connectivity index is 1.38. The molecule has 0 unspecified atom stereocenters. The second kappa shape index (κ2) is 10.3. The van der Waals surface area contributed by atoms with Crippen LogP contribution in [0.4, 0.5) is 42.0 Å². The van der Waals surface area contributed by atoms with E-state index in [0.29, 0.717) is 17.5 Å². The van der Waals surface area contributed by atoms with Crippen LogP contribution in [0.1, 0.15) is 21.6 Å². The molecule has 0 saturated carbocycles. The van der Waals surface area contributed by atoms with E-state index in [1.165, 1.54) is 12.1 Å². The standard InChI is InChI=1S/C26H22F3N5O2/c1-16-3-7-21(8-4-16)33-25-30-17(2)15-23(34-25)31-19-9-11-20(12-10-19)32-24(35)18-5-13-22(14-6-18)36-26(27,28)29/h3-15H,1-2H3,(H,32,35)(H2,30,31,33,34). The van der Waals surface area contributed by atoms with Gasteiger partial charge in [0.2, 0.25) is 5.95 Å². The Morgan fingerprint density at radius 2 is 1.36 bits per heavy atom. The highest BCUT2D eigenvalue weighted by molar-refractivity contribution is 6.04. The predicted molar refractivity (Wildman–Crippen MR) is 132 cm³/mol. The molecule has 1 amide bonds. The van der Waals surface area contributed by atoms with Gasteiger partial charge in [-0.05, 0) is 74.5 Å². The zero-order valence-corrected chi connectivity index (χ0v) is 19.4. The summed E-state index contributed by atoms with van der Waals surface area (Å²) in [4.78, 5) is 21.3. The van der Waals surface area contributed by atoms with Crippen LogP contribution in [0.3, 0.4) is 0 Å². The van der Waals surface area contributed by atoms with Crippen molar-refractivity contribution in [3.05, 3.63) is 95.7 Å². The van der Waals surface area contributed by atoms with Crippen molar-refractivity contribution in [2.24, 2.45) is 0 Å². The van der Waals surface area contributed by atoms with E-state index in [0.717, 1.165) is 34.8 Å². The SMILES string of the molecule is Cc1ccc(Nc2nc(C)cc(Nc3ccc(NC(=O)c4ccc(OC(F)(F)F)cc4)cc3)n2)cc1. The average molecular weight is 493 g/mol. The first kappa shape index (κ1) is 24.5. The molecule has 3 aromatic carbocycles. The number of rotatable bonds is 7. The fourth-order valence-corrected chi connectivity index (χ4v) is 3.25. The number of alkyl halides is 3. The minimum Gasteiger partial charge on any atom is -0.406 e. The van der Waals surface area contributed by atoms with Crippen LogP contribution >= 0.6 is 0 Å². The minimum atomic E-state index is -4.79. The van der Waals surface area contributed by atoms with Gasteiger partial charge in [-0.15, -0.1) is 13.2 Å². The number of ether oxygens (including phenoxy) is 1. The Kier molecular flexibility index (Phi) is 7.05. The summed E-state index contributed by atoms with van der Waals surface area (Å²) < 4.78 is 40.7. The third-order valence-corrected chi connectivity index (χ3v) is 4.93. The molecule has 3 N–H and O–H groups in total. The van der Waals surface area contributed by atoms with E-state index in [-0.39, 0.29) is 5.56 Å². The van der Waals surface area contributed by atoms with Crippen molar-refractivity contribution in [1.29, 1.82) is 0 Å². The molecule has 10 heteroatoms. The first-order valence-corrected chi connectivity index (χ1v) is 10.9. The number of nitrogens with zero attached hydrogens (tertiary/aromatic N) is 2. The third kappa shape index (κ3) is 6.95. The molecule has 0 aliphatic rings. The number of carbonyl (C=O) groups is 1. The highest BCUT2D eigenvalue weighted by Crippen LogP contribution is 2.24. The minimum absolute atomic E-state index is 0.191. The van der Waals surface area contributed by atoms with Gasteiger partial charge in [0.25, 0.3) is 5.91 Å². The Morgan fingerprint density at radius 1 is 0.778 bits per heavy atom. The normalized spacial score (nSPS) is 11.0. The fraction of sp³-hybridized carbons (Fsp3) is 0.115. The molecule has 4 aromatic rings. The van der Waals surface area contributed by atoms with Gasteiger partial charge >= 0.3 is 6.36 Å². The lowest BCUT2D eigenvalue weighted by atomic mass is 10.2. The molecule has 7 nitrogen and oxygen atoms in total. The molecular weight excluding hydrogens is 471 g/mol. The molecule has 0 aliphatic carbocycles. The molecule has 0 saturated heterocycles. The monoisotopic (exact) mass is 493 g/mol. The maximum atomic E-state index is 12.4. The molecule has 1 aromatic heterocycles. The Hall–Kier alpha value is -4.60. The van der Waals surface area contributed by atoms with Gasteiger partial charge in [-0.2, -0.15) is 4.98 Å². The summed E-state index contributed by atoms with van der Waals surface area (Å²) in [5, 5.41) is 9.09. The maximum absolute atomic E-state index is 12.4. The van der Waals surface area contributed by atoms with Gasteiger partial charge in [0.1, 0.15) is 11.6 Å². The van der Waals surface area contributed by atoms with Crippen molar-refractivity contribution in [2.45, 2.75) is 20.2 Å². The molecule has 184 valence electrons. The van der Waals surface area contributed by atoms with Crippen molar-refractivity contribution in [1.82, 2.24) is 9.97 Å². The van der Waals surface area contributed by atoms with E-state index in [4.69, 9.17) is 0 Å². The summed E-state index contributed by atoms with van der Waals surface area (Å²) in [7, 11) is 0. The highest BCUT2D eigenvalue weighted by atomic mass is 19.4. The summed E-state index contributed by atoms with van der Waals surface area (Å²) in [6.45, 7) is 3.88. The summed E-state index contributed by atoms with van der Waals surface area (Å²) in [6.07, 6.45) is -4.79. The van der Waals surface area contributed by atoms with Crippen LogP contribution in [-0.2, 0) is 0 Å². The number of carbonyl (C=O) groups excluding carboxylic acids is 1. The Labute approximate surface area is 205 Å². The highest BCUT2D eigenvalue weighted by Gasteiger charge is 2.31. The quantitative estimate of drug-likeness (QED) is 0.265. The van der Waals surface area contributed by atoms with Gasteiger partial charge < -0.3 is 20.7 Å². The molecular formula is C26H22F3N5O2. The first-order chi connectivity index (χ1) is 17.1. The number of hydrogen-bond donors (Lipinski definition) is 3. The number of aromatic nitrogens is 2. The summed E-state index contributed by atoms with van der Waals surface area (Å²) >= 11 is 0. The maximum Gasteiger partial charge on any atom is 0.573 e. The van der Waals surface area contributed by atoms with Crippen LogP contribution in [0.25, 0.3) is 0 Å². The van der Waals surface area contributed by atoms with Gasteiger partial charge in [-0.25, -0.2) is 4.98 Å². The third-order valence-electron chi connectivity index (χ3n) is 4.93. The number of benzene rings is 3. The smallest absolute Gasteiger partial charge is 0.406 e. The topological polar surface area (TPSA) is 88.2 Å². The van der Waals surface area contributed by atoms with Gasteiger partial charge in [-0.1, -0.05) is 17.7 Å². The van der Waals surface area contributed by atoms with Crippen LogP contribution in [0.15, 0.2) is 78.9 Å². The van der Waals surface area contributed by atoms with E-state index in [1.807, 2.05) is 44.2 Å². The molecule has 0 fully saturated rings. The molecule has 0 radical (unpaired) electrons. The number of amides is 1. The molecule has 0 bridgehead atoms. The average Bonchev–Trinajstić information content (AvgIpc) is 2.81. The first-order valence-electron chi connectivity index (χ1n) is 10.9. The van der Waals surface area contributed by atoms with Crippen molar-refractivity contribution in [3.63, 3.8) is 0 Å². The van der Waals surface area contributed by atoms with E-state index in [1.54, 1.807) is 24.3 Å². The van der Waals surface area contributed by atoms with Crippen molar-refractivity contribution >= 4 is 34.7 Å². The fourth-order valence-electron chi connectivity index (χ4n) is 3.25. The number of nitrogens with one attached hydrogen (secondary N) is 3. The van der Waals surface area contributed by atoms with Crippen LogP contribution in [-0.4, -0.2) is 22.2 Å². The zero-order valence-electron chi connectivity index (χ0n) is 19.4. The lowest BCUT2D eigenvalue weighted by molar-refractivity contribution is -0.274. The summed E-state index contributed by atoms with van der Waals surface area (Å²) in [6, 6.07) is 21.3. The van der Waals surface area contributed by atoms with E-state index >= 15 is 0 Å². The summed E-state index contributed by atoms with van der Waals surface area (Å²) in [5.74, 6) is 0.186. The number of aryl methyl sites for hydroxylation is 2. The van der Waals surface area contributed by atoms with Crippen LogP contribution in [0.2, 0.25) is 0 Å². The largest absolute Gasteiger partial charge is 0.573 e. The van der Waals surface area contributed by atoms with Crippen LogP contribution in [0, 0.1) is 13.8 Å². The van der Waals surface area contributed by atoms with E-state index < -0.39 is 18.0 Å². The second-order valence-electron chi connectivity index (χ2n) is 7.94. The molecule has 0 atom stereocenters. The van der Waals surface area contributed by atoms with Gasteiger partial charge in [0.05, 0.1) is 0 Å². The predicted octanol–water partition coefficient (Wildman–Crippen LogP) is 6.73. The van der Waals surface area contributed by atoms with Crippen LogP contribution in [0.5, 0.6) is 5.75 Å². The van der Waals surface area contributed by atoms with E-state index in [9.17, 15) is 18.0 Å². The lowest BCUT2D eigenvalue weighted by Gasteiger charge is -2.11. The van der Waals surface area contributed by atoms with E-state index in [2.05, 4.69) is 30.7 Å². The van der Waals surface area contributed by atoms with Gasteiger partial charge in [0, 0.05) is 34.4 Å². The van der Waals surface area contributed by atoms with Gasteiger partial charge in [-0.3, -0.25) is 4.79 Å². The molecule has 4 rings (SSSR count). The molecule has 1 heterocycles. The second-order valence-corrected chi connectivity index (χ2v) is 7.94. The number of anilines is 5. The number of halogens is 3. The molecule has 0 aliphatic heterocycles. The van der Waals surface area contributed by atoms with Gasteiger partial charge in [0.15, 0.2) is 0 Å². The number of hydrogen-bond acceptors (Lipinski definition) is 6. The van der Waals surface area contributed by atoms with Crippen LogP contribution < -0.4 is 20.7 Å². The zero-order chi connectivity index (χ0) is 25.7.